The number of carboxylic acids is 1. The molecule has 0 aliphatic carbocycles. The smallest absolute Gasteiger partial charge is 0.471 e. The van der Waals surface area contributed by atoms with Crippen molar-refractivity contribution in [2.45, 2.75) is 19.3 Å². The summed E-state index contributed by atoms with van der Waals surface area (Å²) in [5.41, 5.74) is 0.375. The number of imidazole rings is 1. The molecule has 2 heterocycles. The van der Waals surface area contributed by atoms with E-state index in [1.54, 1.807) is 0 Å². The topological polar surface area (TPSA) is 86.3 Å². The zero-order chi connectivity index (χ0) is 12.8. The predicted molar refractivity (Wildman–Crippen MR) is 45.9 cm³/mol. The van der Waals surface area contributed by atoms with E-state index in [-0.39, 0.29) is 30.3 Å². The highest BCUT2D eigenvalue weighted by atomic mass is 19.4. The summed E-state index contributed by atoms with van der Waals surface area (Å²) >= 11 is 0. The van der Waals surface area contributed by atoms with Gasteiger partial charge in [0.05, 0.1) is 24.5 Å². The Balaban J connectivity index is 2.16. The molecule has 17 heavy (non-hydrogen) atoms. The van der Waals surface area contributed by atoms with E-state index < -0.39 is 18.1 Å². The van der Waals surface area contributed by atoms with Crippen molar-refractivity contribution in [1.82, 2.24) is 14.9 Å². The van der Waals surface area contributed by atoms with E-state index in [9.17, 15) is 22.8 Å². The minimum absolute atomic E-state index is 0.153. The first kappa shape index (κ1) is 11.4. The number of nitrogens with zero attached hydrogens (tertiary/aromatic N) is 2. The number of hydrogen-bond donors (Lipinski definition) is 2. The summed E-state index contributed by atoms with van der Waals surface area (Å²) in [4.78, 5) is 27.9. The van der Waals surface area contributed by atoms with E-state index in [4.69, 9.17) is 5.11 Å². The number of aromatic amines is 1. The van der Waals surface area contributed by atoms with E-state index >= 15 is 0 Å². The van der Waals surface area contributed by atoms with E-state index in [0.717, 1.165) is 0 Å². The minimum Gasteiger partial charge on any atom is -0.475 e. The fraction of sp³-hybridized carbons (Fsp3) is 0.375. The molecule has 1 aromatic heterocycles. The lowest BCUT2D eigenvalue weighted by Crippen LogP contribution is -2.37. The summed E-state index contributed by atoms with van der Waals surface area (Å²) in [6.45, 7) is -0.647. The highest BCUT2D eigenvalue weighted by Gasteiger charge is 2.44. The largest absolute Gasteiger partial charge is 0.475 e. The molecule has 2 rings (SSSR count). The van der Waals surface area contributed by atoms with Crippen molar-refractivity contribution in [3.8, 4) is 0 Å². The van der Waals surface area contributed by atoms with E-state index in [1.807, 2.05) is 0 Å². The number of carbonyl (C=O) groups is 2. The van der Waals surface area contributed by atoms with Gasteiger partial charge in [-0.25, -0.2) is 9.78 Å². The lowest BCUT2D eigenvalue weighted by molar-refractivity contribution is -0.186. The summed E-state index contributed by atoms with van der Waals surface area (Å²) in [7, 11) is 0. The molecule has 0 saturated carbocycles. The summed E-state index contributed by atoms with van der Waals surface area (Å²) in [5, 5.41) is 8.59. The highest BCUT2D eigenvalue weighted by molar-refractivity contribution is 5.84. The van der Waals surface area contributed by atoms with Crippen LogP contribution in [0.25, 0.3) is 0 Å². The van der Waals surface area contributed by atoms with Gasteiger partial charge in [-0.05, 0) is 0 Å². The summed E-state index contributed by atoms with van der Waals surface area (Å²) in [5.74, 6) is -3.59. The molecule has 0 atom stereocenters. The van der Waals surface area contributed by atoms with Gasteiger partial charge in [0, 0.05) is 0 Å². The van der Waals surface area contributed by atoms with Gasteiger partial charge in [-0.15, -0.1) is 0 Å². The lowest BCUT2D eigenvalue weighted by Gasteiger charge is -2.16. The van der Waals surface area contributed by atoms with Crippen LogP contribution in [0.3, 0.4) is 0 Å². The molecule has 1 amide bonds. The van der Waals surface area contributed by atoms with Crippen LogP contribution in [-0.4, -0.2) is 38.0 Å². The number of aromatic nitrogens is 2. The van der Waals surface area contributed by atoms with Gasteiger partial charge >= 0.3 is 18.1 Å². The second-order valence-corrected chi connectivity index (χ2v) is 3.47. The Morgan fingerprint density at radius 3 is 2.47 bits per heavy atom. The maximum absolute atomic E-state index is 12.1. The van der Waals surface area contributed by atoms with Crippen LogP contribution in [0, 0.1) is 0 Å². The Hall–Kier alpha value is -2.06. The monoisotopic (exact) mass is 249 g/mol. The average Bonchev–Trinajstić information content (AvgIpc) is 2.70. The Labute approximate surface area is 92.1 Å². The molecule has 0 bridgehead atoms. The molecule has 0 unspecified atom stereocenters. The summed E-state index contributed by atoms with van der Waals surface area (Å²) in [6, 6.07) is 0. The third-order valence-corrected chi connectivity index (χ3v) is 2.29. The Bertz CT molecular complexity index is 470. The number of fused-ring (bicyclic) bond motifs is 1. The maximum Gasteiger partial charge on any atom is 0.471 e. The van der Waals surface area contributed by atoms with Crippen LogP contribution in [-0.2, 0) is 17.9 Å². The first-order valence-corrected chi connectivity index (χ1v) is 4.46. The fourth-order valence-electron chi connectivity index (χ4n) is 1.56. The second kappa shape index (κ2) is 3.47. The van der Waals surface area contributed by atoms with E-state index in [0.29, 0.717) is 4.90 Å². The number of nitrogens with one attached hydrogen (secondary N) is 1. The number of carbonyl (C=O) groups excluding carboxylic acids is 1. The molecule has 2 N–H and O–H groups in total. The van der Waals surface area contributed by atoms with Crippen molar-refractivity contribution >= 4 is 11.9 Å². The molecule has 0 spiro atoms. The number of aromatic carboxylic acids is 1. The Morgan fingerprint density at radius 1 is 1.35 bits per heavy atom. The van der Waals surface area contributed by atoms with E-state index in [2.05, 4.69) is 9.97 Å². The molecule has 0 saturated heterocycles. The molecule has 0 aromatic carbocycles. The second-order valence-electron chi connectivity index (χ2n) is 3.47. The zero-order valence-electron chi connectivity index (χ0n) is 8.21. The number of rotatable bonds is 1. The molecular weight excluding hydrogens is 243 g/mol. The number of H-pyrrole nitrogens is 1. The zero-order valence-corrected chi connectivity index (χ0v) is 8.21. The van der Waals surface area contributed by atoms with Crippen LogP contribution in [0.5, 0.6) is 0 Å². The van der Waals surface area contributed by atoms with Gasteiger partial charge in [0.1, 0.15) is 0 Å². The Kier molecular flexibility index (Phi) is 2.33. The van der Waals surface area contributed by atoms with Gasteiger partial charge in [-0.3, -0.25) is 4.79 Å². The first-order chi connectivity index (χ1) is 7.79. The molecule has 1 aromatic rings. The van der Waals surface area contributed by atoms with Crippen molar-refractivity contribution in [2.24, 2.45) is 0 Å². The Morgan fingerprint density at radius 2 is 2.00 bits per heavy atom. The number of halogens is 3. The van der Waals surface area contributed by atoms with Gasteiger partial charge in [0.2, 0.25) is 5.82 Å². The lowest BCUT2D eigenvalue weighted by atomic mass is 10.4. The molecule has 92 valence electrons. The maximum atomic E-state index is 12.1. The third-order valence-electron chi connectivity index (χ3n) is 2.29. The molecule has 0 radical (unpaired) electrons. The predicted octanol–water partition coefficient (Wildman–Crippen LogP) is 0.512. The standard InChI is InChI=1S/C8H6F3N3O3/c9-8(10,11)7(17)14-1-3-4(2-14)13-5(12-3)6(15)16/h1-2H2,(H,12,13)(H,15,16). The van der Waals surface area contributed by atoms with Gasteiger partial charge in [-0.2, -0.15) is 13.2 Å². The minimum atomic E-state index is -4.93. The van der Waals surface area contributed by atoms with Crippen molar-refractivity contribution in [1.29, 1.82) is 0 Å². The quantitative estimate of drug-likeness (QED) is 0.759. The van der Waals surface area contributed by atoms with Crippen LogP contribution in [0.15, 0.2) is 0 Å². The molecular formula is C8H6F3N3O3. The summed E-state index contributed by atoms with van der Waals surface area (Å²) < 4.78 is 36.4. The first-order valence-electron chi connectivity index (χ1n) is 4.46. The third kappa shape index (κ3) is 1.95. The number of amides is 1. The molecule has 1 aliphatic rings. The van der Waals surface area contributed by atoms with Crippen molar-refractivity contribution < 1.29 is 27.9 Å². The van der Waals surface area contributed by atoms with Crippen LogP contribution in [0.1, 0.15) is 22.0 Å². The number of hydrogen-bond acceptors (Lipinski definition) is 3. The van der Waals surface area contributed by atoms with Crippen LogP contribution >= 0.6 is 0 Å². The average molecular weight is 249 g/mol. The van der Waals surface area contributed by atoms with Gasteiger partial charge in [-0.1, -0.05) is 0 Å². The number of carboxylic acid groups (broad SMARTS) is 1. The molecule has 6 nitrogen and oxygen atoms in total. The summed E-state index contributed by atoms with van der Waals surface area (Å²) in [6.07, 6.45) is -4.93. The van der Waals surface area contributed by atoms with Crippen LogP contribution < -0.4 is 0 Å². The molecule has 1 aliphatic heterocycles. The van der Waals surface area contributed by atoms with Crippen molar-refractivity contribution in [3.63, 3.8) is 0 Å². The SMILES string of the molecule is O=C(O)c1nc2c([nH]1)CN(C(=O)C(F)(F)F)C2. The molecule has 0 fully saturated rings. The van der Waals surface area contributed by atoms with Crippen molar-refractivity contribution in [2.75, 3.05) is 0 Å². The van der Waals surface area contributed by atoms with Crippen LogP contribution in [0.4, 0.5) is 13.2 Å². The van der Waals surface area contributed by atoms with Gasteiger partial charge in [0.25, 0.3) is 0 Å². The highest BCUT2D eigenvalue weighted by Crippen LogP contribution is 2.26. The normalized spacial score (nSPS) is 14.9. The number of alkyl halides is 3. The van der Waals surface area contributed by atoms with Gasteiger partial charge in [0.15, 0.2) is 0 Å². The van der Waals surface area contributed by atoms with Crippen molar-refractivity contribution in [3.05, 3.63) is 17.2 Å². The van der Waals surface area contributed by atoms with Gasteiger partial charge < -0.3 is 15.0 Å². The van der Waals surface area contributed by atoms with Crippen LogP contribution in [0.2, 0.25) is 0 Å². The molecule has 9 heteroatoms. The fourth-order valence-corrected chi connectivity index (χ4v) is 1.56. The van der Waals surface area contributed by atoms with E-state index in [1.165, 1.54) is 0 Å².